The second-order valence-electron chi connectivity index (χ2n) is 16.3. The minimum absolute atomic E-state index is 0.0593. The monoisotopic (exact) mass is 738 g/mol. The van der Waals surface area contributed by atoms with Crippen LogP contribution in [0.4, 0.5) is 0 Å². The lowest BCUT2D eigenvalue weighted by molar-refractivity contribution is -0.137. The molecule has 2 atom stereocenters. The molecule has 6 aromatic rings. The summed E-state index contributed by atoms with van der Waals surface area (Å²) in [6.07, 6.45) is 6.37. The third-order valence-electron chi connectivity index (χ3n) is 9.98. The zero-order chi connectivity index (χ0) is 39.4. The number of aromatic nitrogens is 6. The van der Waals surface area contributed by atoms with E-state index in [1.54, 1.807) is 56.8 Å². The Morgan fingerprint density at radius 2 is 1.24 bits per heavy atom. The summed E-state index contributed by atoms with van der Waals surface area (Å²) in [4.78, 5) is 51.2. The second-order valence-corrected chi connectivity index (χ2v) is 16.3. The third kappa shape index (κ3) is 9.06. The topological polar surface area (TPSA) is 162 Å². The molecule has 2 aromatic carbocycles. The lowest BCUT2D eigenvalue weighted by atomic mass is 9.81. The highest BCUT2D eigenvalue weighted by Gasteiger charge is 2.41. The molecule has 6 rings (SSSR count). The molecule has 2 amide bonds. The molecular formula is C44H50N8O3. The van der Waals surface area contributed by atoms with Crippen molar-refractivity contribution in [2.24, 2.45) is 16.2 Å². The molecule has 0 aliphatic carbocycles. The lowest BCUT2D eigenvalue weighted by Gasteiger charge is -2.35. The number of pyridine rings is 2. The molecule has 0 aliphatic heterocycles. The van der Waals surface area contributed by atoms with Crippen LogP contribution in [0.15, 0.2) is 110 Å². The van der Waals surface area contributed by atoms with Gasteiger partial charge in [-0.3, -0.25) is 19.6 Å². The van der Waals surface area contributed by atoms with Gasteiger partial charge in [-0.2, -0.15) is 0 Å². The van der Waals surface area contributed by atoms with Crippen LogP contribution in [0.5, 0.6) is 0 Å². The van der Waals surface area contributed by atoms with Gasteiger partial charge in [0.25, 0.3) is 0 Å². The number of benzene rings is 2. The fraction of sp³-hybridized carbons (Fsp3) is 0.318. The Morgan fingerprint density at radius 1 is 0.673 bits per heavy atom. The van der Waals surface area contributed by atoms with Gasteiger partial charge in [0.15, 0.2) is 0 Å². The number of rotatable bonds is 13. The van der Waals surface area contributed by atoms with Gasteiger partial charge in [-0.05, 0) is 65.8 Å². The molecule has 11 nitrogen and oxygen atoms in total. The number of aromatic amines is 2. The van der Waals surface area contributed by atoms with Crippen LogP contribution in [0.25, 0.3) is 33.6 Å². The highest BCUT2D eigenvalue weighted by Crippen LogP contribution is 2.37. The molecule has 0 saturated carbocycles. The molecule has 2 unspecified atom stereocenters. The van der Waals surface area contributed by atoms with Gasteiger partial charge in [-0.15, -0.1) is 0 Å². The van der Waals surface area contributed by atoms with Gasteiger partial charge in [-0.1, -0.05) is 95.3 Å². The van der Waals surface area contributed by atoms with Crippen molar-refractivity contribution in [3.8, 4) is 33.6 Å². The van der Waals surface area contributed by atoms with Crippen molar-refractivity contribution in [3.05, 3.63) is 133 Å². The molecule has 0 radical (unpaired) electrons. The lowest BCUT2D eigenvalue weighted by Crippen LogP contribution is -2.46. The van der Waals surface area contributed by atoms with E-state index in [-0.39, 0.29) is 17.2 Å². The summed E-state index contributed by atoms with van der Waals surface area (Å²) in [6.45, 7) is 13.7. The molecule has 0 bridgehead atoms. The predicted molar refractivity (Wildman–Crippen MR) is 214 cm³/mol. The maximum absolute atomic E-state index is 13.6. The second kappa shape index (κ2) is 15.8. The number of aliphatic hydroxyl groups is 1. The first-order valence-corrected chi connectivity index (χ1v) is 18.5. The zero-order valence-electron chi connectivity index (χ0n) is 32.5. The average Bonchev–Trinajstić information content (AvgIpc) is 3.86. The maximum atomic E-state index is 13.6. The summed E-state index contributed by atoms with van der Waals surface area (Å²) in [5.41, 5.74) is 4.96. The Hall–Kier alpha value is -5.94. The number of H-pyrrole nitrogens is 2. The Labute approximate surface area is 322 Å². The van der Waals surface area contributed by atoms with Gasteiger partial charge in [-0.25, -0.2) is 9.97 Å². The first-order valence-electron chi connectivity index (χ1n) is 18.5. The van der Waals surface area contributed by atoms with E-state index in [0.29, 0.717) is 30.3 Å². The standard InChI is InChI=1S/C44H50N8O3/c1-42(2,3)37(52-41(55)44(6,7)38(53)33-13-9-11-23-46-33)39-48-26-35(51-39)31-20-16-29(17-21-31)28-14-18-30(19-15-28)34-25-47-36(50-34)27-49-40(54)43(4,5)24-32-12-8-10-22-45-32/h8-23,25-26,37-38,53H,24,27H2,1-7H3,(H,47,50)(H,48,51)(H,49,54)(H,52,55). The number of carbonyl (C=O) groups excluding carboxylic acids is 2. The Kier molecular flexibility index (Phi) is 11.1. The van der Waals surface area contributed by atoms with Crippen molar-refractivity contribution in [2.45, 2.75) is 73.6 Å². The van der Waals surface area contributed by atoms with Gasteiger partial charge in [0.1, 0.15) is 17.8 Å². The first-order chi connectivity index (χ1) is 26.1. The van der Waals surface area contributed by atoms with E-state index < -0.39 is 23.0 Å². The SMILES string of the molecule is CC(C)(Cc1ccccn1)C(=O)NCc1ncc(-c2ccc(-c3ccc(-c4cnc(C(NC(=O)C(C)(C)C(O)c5ccccn5)C(C)(C)C)[nH]4)cc3)cc2)[nH]1. The largest absolute Gasteiger partial charge is 0.386 e. The number of hydrogen-bond donors (Lipinski definition) is 5. The highest BCUT2D eigenvalue weighted by atomic mass is 16.3. The molecular weight excluding hydrogens is 689 g/mol. The first kappa shape index (κ1) is 38.8. The van der Waals surface area contributed by atoms with Crippen LogP contribution in [0, 0.1) is 16.2 Å². The van der Waals surface area contributed by atoms with E-state index in [2.05, 4.69) is 64.8 Å². The van der Waals surface area contributed by atoms with E-state index in [1.807, 2.05) is 77.1 Å². The fourth-order valence-corrected chi connectivity index (χ4v) is 6.40. The molecule has 4 aromatic heterocycles. The minimum Gasteiger partial charge on any atom is -0.386 e. The van der Waals surface area contributed by atoms with Crippen LogP contribution in [-0.2, 0) is 22.6 Å². The number of imidazole rings is 2. The Bertz CT molecular complexity index is 2200. The molecule has 284 valence electrons. The summed E-state index contributed by atoms with van der Waals surface area (Å²) in [5, 5.41) is 17.2. The van der Waals surface area contributed by atoms with Gasteiger partial charge in [0.05, 0.1) is 47.5 Å². The van der Waals surface area contributed by atoms with Gasteiger partial charge in [0, 0.05) is 29.9 Å². The molecule has 5 N–H and O–H groups in total. The maximum Gasteiger partial charge on any atom is 0.229 e. The van der Waals surface area contributed by atoms with Crippen molar-refractivity contribution in [3.63, 3.8) is 0 Å². The van der Waals surface area contributed by atoms with E-state index in [4.69, 9.17) is 0 Å². The number of carbonyl (C=O) groups is 2. The van der Waals surface area contributed by atoms with Crippen molar-refractivity contribution in [2.75, 3.05) is 0 Å². The van der Waals surface area contributed by atoms with Crippen LogP contribution >= 0.6 is 0 Å². The Morgan fingerprint density at radius 3 is 1.80 bits per heavy atom. The molecule has 0 spiro atoms. The summed E-state index contributed by atoms with van der Waals surface area (Å²) >= 11 is 0. The van der Waals surface area contributed by atoms with Crippen LogP contribution in [-0.4, -0.2) is 46.8 Å². The number of aliphatic hydroxyl groups excluding tert-OH is 1. The Balaban J connectivity index is 1.08. The average molecular weight is 739 g/mol. The van der Waals surface area contributed by atoms with E-state index >= 15 is 0 Å². The van der Waals surface area contributed by atoms with Crippen molar-refractivity contribution >= 4 is 11.8 Å². The number of hydrogen-bond acceptors (Lipinski definition) is 7. The smallest absolute Gasteiger partial charge is 0.229 e. The van der Waals surface area contributed by atoms with E-state index in [9.17, 15) is 14.7 Å². The predicted octanol–water partition coefficient (Wildman–Crippen LogP) is 7.77. The van der Waals surface area contributed by atoms with Crippen LogP contribution < -0.4 is 10.6 Å². The van der Waals surface area contributed by atoms with Crippen LogP contribution in [0.3, 0.4) is 0 Å². The highest BCUT2D eigenvalue weighted by molar-refractivity contribution is 5.83. The normalized spacial score (nSPS) is 13.2. The van der Waals surface area contributed by atoms with Crippen LogP contribution in [0.1, 0.15) is 83.6 Å². The van der Waals surface area contributed by atoms with E-state index in [0.717, 1.165) is 39.3 Å². The van der Waals surface area contributed by atoms with Gasteiger partial charge >= 0.3 is 0 Å². The quantitative estimate of drug-likeness (QED) is 0.0809. The molecule has 4 heterocycles. The summed E-state index contributed by atoms with van der Waals surface area (Å²) in [6, 6.07) is 27.0. The summed E-state index contributed by atoms with van der Waals surface area (Å²) < 4.78 is 0. The minimum atomic E-state index is -1.14. The van der Waals surface area contributed by atoms with Gasteiger partial charge in [0.2, 0.25) is 11.8 Å². The number of nitrogens with one attached hydrogen (secondary N) is 4. The number of amides is 2. The summed E-state index contributed by atoms with van der Waals surface area (Å²) in [5.74, 6) is 0.953. The van der Waals surface area contributed by atoms with Crippen molar-refractivity contribution in [1.29, 1.82) is 0 Å². The van der Waals surface area contributed by atoms with Crippen LogP contribution in [0.2, 0.25) is 0 Å². The molecule has 11 heteroatoms. The number of nitrogens with zero attached hydrogens (tertiary/aromatic N) is 4. The van der Waals surface area contributed by atoms with E-state index in [1.165, 1.54) is 0 Å². The zero-order valence-corrected chi connectivity index (χ0v) is 32.5. The molecule has 0 aliphatic rings. The molecule has 0 fully saturated rings. The molecule has 0 saturated heterocycles. The fourth-order valence-electron chi connectivity index (χ4n) is 6.40. The summed E-state index contributed by atoms with van der Waals surface area (Å²) in [7, 11) is 0. The molecule has 55 heavy (non-hydrogen) atoms. The van der Waals surface area contributed by atoms with Crippen molar-refractivity contribution < 1.29 is 14.7 Å². The van der Waals surface area contributed by atoms with Crippen molar-refractivity contribution in [1.82, 2.24) is 40.5 Å². The third-order valence-corrected chi connectivity index (χ3v) is 9.98. The van der Waals surface area contributed by atoms with Gasteiger partial charge < -0.3 is 25.7 Å².